The van der Waals surface area contributed by atoms with Crippen LogP contribution in [0.4, 0.5) is 0 Å². The lowest BCUT2D eigenvalue weighted by molar-refractivity contribution is -0.00640. The van der Waals surface area contributed by atoms with Crippen LogP contribution in [-0.4, -0.2) is 64.0 Å². The first kappa shape index (κ1) is 19.5. The summed E-state index contributed by atoms with van der Waals surface area (Å²) in [7, 11) is -1.28. The minimum Gasteiger partial charge on any atom is -0.302 e. The van der Waals surface area contributed by atoms with Crippen molar-refractivity contribution in [1.82, 2.24) is 14.5 Å². The van der Waals surface area contributed by atoms with Gasteiger partial charge in [0.1, 0.15) is 0 Å². The summed E-state index contributed by atoms with van der Waals surface area (Å²) in [4.78, 5) is 5.15. The van der Waals surface area contributed by atoms with E-state index in [9.17, 15) is 8.42 Å². The van der Waals surface area contributed by atoms with Gasteiger partial charge >= 0.3 is 0 Å². The fourth-order valence-corrected chi connectivity index (χ4v) is 5.44. The fraction of sp³-hybridized carbons (Fsp3) is 0.600. The smallest absolute Gasteiger partial charge is 0.240 e. The van der Waals surface area contributed by atoms with Gasteiger partial charge in [-0.3, -0.25) is 4.90 Å². The molecule has 4 rings (SSSR count). The standard InChI is InChI=1S/C20H31N3O2S/c1-4-10-22(3)14-18-15-23-11-9-17(18)12-19(23)13-21-26(24,25)20-7-5-16(2)6-8-20/h4-8,17-19,21H,1,9-15H2,2-3H3/t17-,18+,19+/m1/s1. The third-order valence-electron chi connectivity index (χ3n) is 5.84. The lowest BCUT2D eigenvalue weighted by Crippen LogP contribution is -2.58. The first-order valence-corrected chi connectivity index (χ1v) is 11.0. The van der Waals surface area contributed by atoms with Gasteiger partial charge in [0.2, 0.25) is 10.0 Å². The number of piperidine rings is 3. The minimum atomic E-state index is -3.43. The Morgan fingerprint density at radius 2 is 2.08 bits per heavy atom. The van der Waals surface area contributed by atoms with Crippen LogP contribution in [-0.2, 0) is 10.0 Å². The molecule has 0 saturated carbocycles. The Hall–Kier alpha value is -1.21. The summed E-state index contributed by atoms with van der Waals surface area (Å²) in [5, 5.41) is 0. The quantitative estimate of drug-likeness (QED) is 0.705. The van der Waals surface area contributed by atoms with E-state index in [1.54, 1.807) is 12.1 Å². The van der Waals surface area contributed by atoms with Crippen molar-refractivity contribution in [3.05, 3.63) is 42.5 Å². The topological polar surface area (TPSA) is 52.6 Å². The molecule has 26 heavy (non-hydrogen) atoms. The SMILES string of the molecule is C=CCN(C)C[C@H]1CN2CC[C@@H]1C[C@H]2CNS(=O)(=O)c1ccc(C)cc1. The fourth-order valence-electron chi connectivity index (χ4n) is 4.37. The highest BCUT2D eigenvalue weighted by molar-refractivity contribution is 7.89. The van der Waals surface area contributed by atoms with Gasteiger partial charge in [0.25, 0.3) is 0 Å². The van der Waals surface area contributed by atoms with E-state index in [2.05, 4.69) is 28.1 Å². The van der Waals surface area contributed by atoms with Crippen LogP contribution in [0.25, 0.3) is 0 Å². The van der Waals surface area contributed by atoms with Crippen LogP contribution < -0.4 is 4.72 Å². The largest absolute Gasteiger partial charge is 0.302 e. The normalized spacial score (nSPS) is 28.4. The molecule has 5 nitrogen and oxygen atoms in total. The van der Waals surface area contributed by atoms with Gasteiger partial charge in [0.05, 0.1) is 4.90 Å². The molecule has 2 bridgehead atoms. The van der Waals surface area contributed by atoms with Gasteiger partial charge in [-0.2, -0.15) is 0 Å². The number of hydrogen-bond acceptors (Lipinski definition) is 4. The Balaban J connectivity index is 1.56. The second kappa shape index (κ2) is 8.21. The van der Waals surface area contributed by atoms with Crippen molar-refractivity contribution in [2.45, 2.75) is 30.7 Å². The van der Waals surface area contributed by atoms with E-state index in [0.717, 1.165) is 38.2 Å². The highest BCUT2D eigenvalue weighted by Crippen LogP contribution is 2.36. The number of aryl methyl sites for hydroxylation is 1. The summed E-state index contributed by atoms with van der Waals surface area (Å²) in [6.07, 6.45) is 4.26. The first-order chi connectivity index (χ1) is 12.4. The zero-order valence-corrected chi connectivity index (χ0v) is 16.7. The molecule has 6 heteroatoms. The van der Waals surface area contributed by atoms with Crippen LogP contribution in [0.2, 0.25) is 0 Å². The predicted molar refractivity (Wildman–Crippen MR) is 106 cm³/mol. The molecule has 1 unspecified atom stereocenters. The number of benzene rings is 1. The van der Waals surface area contributed by atoms with Crippen LogP contribution in [0.5, 0.6) is 0 Å². The molecule has 0 aliphatic carbocycles. The average Bonchev–Trinajstić information content (AvgIpc) is 2.61. The molecule has 0 radical (unpaired) electrons. The van der Waals surface area contributed by atoms with Crippen molar-refractivity contribution in [1.29, 1.82) is 0 Å². The van der Waals surface area contributed by atoms with Gasteiger partial charge < -0.3 is 4.90 Å². The third-order valence-corrected chi connectivity index (χ3v) is 7.28. The highest BCUT2D eigenvalue weighted by atomic mass is 32.2. The number of sulfonamides is 1. The van der Waals surface area contributed by atoms with Crippen LogP contribution in [0, 0.1) is 18.8 Å². The molecule has 144 valence electrons. The van der Waals surface area contributed by atoms with Gasteiger partial charge in [-0.25, -0.2) is 13.1 Å². The Morgan fingerprint density at radius 3 is 2.69 bits per heavy atom. The van der Waals surface area contributed by atoms with Crippen LogP contribution in [0.15, 0.2) is 41.8 Å². The molecule has 0 aromatic heterocycles. The van der Waals surface area contributed by atoms with E-state index in [1.165, 1.54) is 6.42 Å². The van der Waals surface area contributed by atoms with E-state index in [0.29, 0.717) is 29.3 Å². The van der Waals surface area contributed by atoms with Crippen LogP contribution in [0.3, 0.4) is 0 Å². The second-order valence-corrected chi connectivity index (χ2v) is 9.64. The number of likely N-dealkylation sites (N-methyl/N-ethyl adjacent to an activating group) is 1. The number of fused-ring (bicyclic) bond motifs is 3. The third kappa shape index (κ3) is 4.55. The molecule has 3 aliphatic heterocycles. The van der Waals surface area contributed by atoms with Crippen molar-refractivity contribution in [2.75, 3.05) is 39.8 Å². The summed E-state index contributed by atoms with van der Waals surface area (Å²) < 4.78 is 27.9. The zero-order chi connectivity index (χ0) is 18.7. The van der Waals surface area contributed by atoms with Crippen LogP contribution >= 0.6 is 0 Å². The Morgan fingerprint density at radius 1 is 1.35 bits per heavy atom. The Labute approximate surface area is 158 Å². The molecule has 3 fully saturated rings. The molecule has 3 heterocycles. The van der Waals surface area contributed by atoms with Gasteiger partial charge in [-0.15, -0.1) is 6.58 Å². The van der Waals surface area contributed by atoms with E-state index in [-0.39, 0.29) is 0 Å². The van der Waals surface area contributed by atoms with E-state index in [1.807, 2.05) is 25.1 Å². The Kier molecular flexibility index (Phi) is 6.17. The Bertz CT molecular complexity index is 717. The summed E-state index contributed by atoms with van der Waals surface area (Å²) in [6, 6.07) is 7.35. The first-order valence-electron chi connectivity index (χ1n) is 9.49. The molecule has 1 aromatic rings. The van der Waals surface area contributed by atoms with Crippen molar-refractivity contribution >= 4 is 10.0 Å². The number of nitrogens with zero attached hydrogens (tertiary/aromatic N) is 2. The maximum absolute atomic E-state index is 12.5. The molecule has 1 aromatic carbocycles. The van der Waals surface area contributed by atoms with Crippen molar-refractivity contribution in [2.24, 2.45) is 11.8 Å². The molecule has 0 spiro atoms. The highest BCUT2D eigenvalue weighted by Gasteiger charge is 2.40. The number of nitrogens with one attached hydrogen (secondary N) is 1. The summed E-state index contributed by atoms with van der Waals surface area (Å²) in [6.45, 7) is 10.4. The number of rotatable bonds is 8. The van der Waals surface area contributed by atoms with Crippen LogP contribution in [0.1, 0.15) is 18.4 Å². The summed E-state index contributed by atoms with van der Waals surface area (Å²) >= 11 is 0. The van der Waals surface area contributed by atoms with Gasteiger partial charge in [0, 0.05) is 32.2 Å². The maximum Gasteiger partial charge on any atom is 0.240 e. The maximum atomic E-state index is 12.5. The predicted octanol–water partition coefficient (Wildman–Crippen LogP) is 2.10. The van der Waals surface area contributed by atoms with E-state index in [4.69, 9.17) is 0 Å². The molecule has 3 saturated heterocycles. The second-order valence-electron chi connectivity index (χ2n) is 7.87. The molecule has 1 N–H and O–H groups in total. The lowest BCUT2D eigenvalue weighted by Gasteiger charge is -2.50. The molecule has 4 atom stereocenters. The van der Waals surface area contributed by atoms with Crippen molar-refractivity contribution < 1.29 is 8.42 Å². The monoisotopic (exact) mass is 377 g/mol. The van der Waals surface area contributed by atoms with Crippen molar-refractivity contribution in [3.63, 3.8) is 0 Å². The van der Waals surface area contributed by atoms with Gasteiger partial charge in [-0.05, 0) is 57.3 Å². The zero-order valence-electron chi connectivity index (χ0n) is 15.9. The van der Waals surface area contributed by atoms with E-state index < -0.39 is 10.0 Å². The van der Waals surface area contributed by atoms with Gasteiger partial charge in [-0.1, -0.05) is 23.8 Å². The minimum absolute atomic E-state index is 0.315. The summed E-state index contributed by atoms with van der Waals surface area (Å²) in [5.41, 5.74) is 1.06. The van der Waals surface area contributed by atoms with Crippen molar-refractivity contribution in [3.8, 4) is 0 Å². The summed E-state index contributed by atoms with van der Waals surface area (Å²) in [5.74, 6) is 1.37. The number of hydrogen-bond donors (Lipinski definition) is 1. The molecular formula is C20H31N3O2S. The lowest BCUT2D eigenvalue weighted by atomic mass is 9.75. The average molecular weight is 378 g/mol. The van der Waals surface area contributed by atoms with E-state index >= 15 is 0 Å². The molecule has 3 aliphatic rings. The van der Waals surface area contributed by atoms with Gasteiger partial charge in [0.15, 0.2) is 0 Å². The molecule has 0 amide bonds. The molecular weight excluding hydrogens is 346 g/mol.